The monoisotopic (exact) mass is 1250 g/mol. The highest BCUT2D eigenvalue weighted by atomic mass is 32.1. The van der Waals surface area contributed by atoms with Gasteiger partial charge >= 0.3 is 12.1 Å². The SMILES string of the molecule is CCc1cccc2cc(OCOC)cc(-c3ncc4c(N5CC6CCC(C5)N6C(=O)OC(C)(C)C)nc(OC5CCN(CC6CCN(c7cc([C@H](C(=O)N8C[C@H](O)C[C@H]8C(=O)N[C@@H](C)c8ccc(-c9scnc9C)cc8)C(C)C)on7)CC6)CC5)nc4c3F)c12. The van der Waals surface area contributed by atoms with Gasteiger partial charge in [-0.1, -0.05) is 68.4 Å². The van der Waals surface area contributed by atoms with Crippen LogP contribution in [0.3, 0.4) is 0 Å². The number of hydrogen-bond donors (Lipinski definition) is 2. The molecule has 12 rings (SSSR count). The summed E-state index contributed by atoms with van der Waals surface area (Å²) in [5.41, 5.74) is 6.04. The van der Waals surface area contributed by atoms with Crippen LogP contribution in [-0.4, -0.2) is 165 Å². The van der Waals surface area contributed by atoms with Crippen molar-refractivity contribution in [3.8, 4) is 33.5 Å². The first kappa shape index (κ1) is 62.7. The lowest BCUT2D eigenvalue weighted by molar-refractivity contribution is -0.141. The quantitative estimate of drug-likeness (QED) is 0.0764. The molecule has 0 radical (unpaired) electrons. The fraction of sp³-hybridized carbons (Fsp3) is 0.529. The van der Waals surface area contributed by atoms with Gasteiger partial charge in [-0.15, -0.1) is 11.3 Å². The number of aryl methyl sites for hydroxylation is 2. The number of piperidine rings is 2. The number of methoxy groups -OCH3 is 1. The second kappa shape index (κ2) is 26.4. The number of aliphatic hydroxyl groups is 1. The fourth-order valence-corrected chi connectivity index (χ4v) is 14.9. The summed E-state index contributed by atoms with van der Waals surface area (Å²) in [5.74, 6) is 0.587. The van der Waals surface area contributed by atoms with Crippen molar-refractivity contribution >= 4 is 62.6 Å². The molecule has 5 saturated heterocycles. The highest BCUT2D eigenvalue weighted by Gasteiger charge is 2.46. The van der Waals surface area contributed by atoms with Gasteiger partial charge in [0.2, 0.25) is 11.8 Å². The number of anilines is 2. The minimum atomic E-state index is -0.836. The summed E-state index contributed by atoms with van der Waals surface area (Å²) in [5, 5.41) is 20.7. The number of nitrogens with zero attached hydrogens (tertiary/aromatic N) is 10. The van der Waals surface area contributed by atoms with Crippen molar-refractivity contribution in [1.29, 1.82) is 0 Å². The van der Waals surface area contributed by atoms with Gasteiger partial charge in [-0.2, -0.15) is 9.97 Å². The van der Waals surface area contributed by atoms with Crippen molar-refractivity contribution in [1.82, 2.24) is 45.1 Å². The molecule has 9 heterocycles. The normalized spacial score (nSPS) is 21.0. The molecule has 0 saturated carbocycles. The fourth-order valence-electron chi connectivity index (χ4n) is 14.1. The van der Waals surface area contributed by atoms with E-state index < -0.39 is 29.5 Å². The number of hydrogen-bond acceptors (Lipinski definition) is 18. The van der Waals surface area contributed by atoms with Crippen LogP contribution in [0.4, 0.5) is 20.8 Å². The maximum absolute atomic E-state index is 17.8. The number of amides is 3. The van der Waals surface area contributed by atoms with E-state index in [9.17, 15) is 19.5 Å². The lowest BCUT2D eigenvalue weighted by Crippen LogP contribution is -2.57. The largest absolute Gasteiger partial charge is 0.468 e. The number of aliphatic hydroxyl groups excluding tert-OH is 1. The third kappa shape index (κ3) is 13.2. The van der Waals surface area contributed by atoms with Gasteiger partial charge in [-0.05, 0) is 131 Å². The third-order valence-electron chi connectivity index (χ3n) is 18.7. The first-order chi connectivity index (χ1) is 43.3. The van der Waals surface area contributed by atoms with Crippen LogP contribution >= 0.6 is 11.3 Å². The molecule has 3 amide bonds. The van der Waals surface area contributed by atoms with E-state index in [1.165, 1.54) is 4.90 Å². The maximum atomic E-state index is 17.8. The molecule has 5 aliphatic heterocycles. The Balaban J connectivity index is 0.693. The molecule has 90 heavy (non-hydrogen) atoms. The molecule has 4 aromatic heterocycles. The Morgan fingerprint density at radius 2 is 1.64 bits per heavy atom. The lowest BCUT2D eigenvalue weighted by Gasteiger charge is -2.42. The number of carbonyl (C=O) groups excluding carboxylic acids is 3. The van der Waals surface area contributed by atoms with E-state index in [1.54, 1.807) is 24.6 Å². The molecule has 6 atom stereocenters. The van der Waals surface area contributed by atoms with Crippen LogP contribution in [0.2, 0.25) is 0 Å². The zero-order valence-electron chi connectivity index (χ0n) is 53.1. The summed E-state index contributed by atoms with van der Waals surface area (Å²) < 4.78 is 47.6. The first-order valence-corrected chi connectivity index (χ1v) is 32.9. The molecule has 2 bridgehead atoms. The second-order valence-electron chi connectivity index (χ2n) is 26.5. The van der Waals surface area contributed by atoms with Crippen LogP contribution in [0.25, 0.3) is 43.4 Å². The minimum absolute atomic E-state index is 0.0239. The molecule has 0 spiro atoms. The smallest absolute Gasteiger partial charge is 0.410 e. The summed E-state index contributed by atoms with van der Waals surface area (Å²) in [6.45, 7) is 20.7. The highest BCUT2D eigenvalue weighted by molar-refractivity contribution is 7.13. The van der Waals surface area contributed by atoms with Gasteiger partial charge in [-0.3, -0.25) is 19.5 Å². The molecular formula is C68H84FN11O9S. The Morgan fingerprint density at radius 1 is 0.900 bits per heavy atom. The van der Waals surface area contributed by atoms with Crippen molar-refractivity contribution in [2.24, 2.45) is 11.8 Å². The van der Waals surface area contributed by atoms with Crippen molar-refractivity contribution in [2.45, 2.75) is 155 Å². The predicted octanol–water partition coefficient (Wildman–Crippen LogP) is 10.9. The number of thiazole rings is 1. The van der Waals surface area contributed by atoms with Crippen molar-refractivity contribution in [3.63, 3.8) is 0 Å². The molecule has 20 nitrogen and oxygen atoms in total. The number of benzene rings is 3. The summed E-state index contributed by atoms with van der Waals surface area (Å²) >= 11 is 1.59. The molecule has 0 aliphatic carbocycles. The van der Waals surface area contributed by atoms with E-state index in [0.717, 1.165) is 116 Å². The number of likely N-dealkylation sites (tertiary alicyclic amines) is 2. The van der Waals surface area contributed by atoms with Gasteiger partial charge in [0, 0.05) is 83.7 Å². The van der Waals surface area contributed by atoms with Gasteiger partial charge in [0.25, 0.3) is 0 Å². The Hall–Kier alpha value is -7.53. The van der Waals surface area contributed by atoms with Gasteiger partial charge in [-0.25, -0.2) is 14.2 Å². The Labute approximate surface area is 529 Å². The van der Waals surface area contributed by atoms with Crippen LogP contribution in [0.15, 0.2) is 76.9 Å². The van der Waals surface area contributed by atoms with E-state index in [4.69, 9.17) is 38.4 Å². The number of nitrogens with one attached hydrogen (secondary N) is 1. The van der Waals surface area contributed by atoms with Crippen molar-refractivity contribution in [3.05, 3.63) is 101 Å². The lowest BCUT2D eigenvalue weighted by atomic mass is 9.91. The molecule has 7 aromatic rings. The Kier molecular flexibility index (Phi) is 18.4. The number of aromatic nitrogens is 5. The molecule has 2 unspecified atom stereocenters. The van der Waals surface area contributed by atoms with Gasteiger partial charge < -0.3 is 53.5 Å². The summed E-state index contributed by atoms with van der Waals surface area (Å²) in [6, 6.07) is 18.4. The summed E-state index contributed by atoms with van der Waals surface area (Å²) in [4.78, 5) is 72.6. The number of fused-ring (bicyclic) bond motifs is 4. The molecule has 5 fully saturated rings. The molecule has 3 aromatic carbocycles. The summed E-state index contributed by atoms with van der Waals surface area (Å²) in [6.07, 6.45) is 6.17. The first-order valence-electron chi connectivity index (χ1n) is 32.0. The second-order valence-corrected chi connectivity index (χ2v) is 27.3. The van der Waals surface area contributed by atoms with Crippen molar-refractivity contribution in [2.75, 3.05) is 76.1 Å². The highest BCUT2D eigenvalue weighted by Crippen LogP contribution is 2.42. The maximum Gasteiger partial charge on any atom is 0.410 e. The Morgan fingerprint density at radius 3 is 2.32 bits per heavy atom. The minimum Gasteiger partial charge on any atom is -0.468 e. The average molecular weight is 1250 g/mol. The zero-order valence-corrected chi connectivity index (χ0v) is 53.9. The molecule has 478 valence electrons. The van der Waals surface area contributed by atoms with Gasteiger partial charge in [0.05, 0.1) is 45.7 Å². The van der Waals surface area contributed by atoms with E-state index in [1.807, 2.05) is 113 Å². The number of halogens is 1. The zero-order chi connectivity index (χ0) is 63.1. The average Bonchev–Trinajstić information content (AvgIpc) is 0.920. The molecule has 2 N–H and O–H groups in total. The van der Waals surface area contributed by atoms with Crippen LogP contribution in [0.5, 0.6) is 11.8 Å². The standard InChI is InChI=1S/C68H84FN11O9S/c1-10-43-12-11-13-46-28-51(86-38-85-9)30-52(58(43)46)60-59(69)61-53(32-70-60)63(78-34-47-18-19-48(35-78)80(47)67(84)88-68(6,7)8)74-66(73-61)87-50-22-24-76(25-23-50)33-42-20-26-77(27-21-42)56-31-55(89-75-56)57(39(2)3)65(83)79-36-49(81)29-54(79)64(82)72-40(4)44-14-16-45(17-15-44)62-41(5)71-37-90-62/h11-17,28,30-32,37,39-40,42,47-50,54,57,81H,10,18-27,29,33-36,38H2,1-9H3,(H,72,82)/t40-,47?,48?,49+,54-,57+/m0/s1. The van der Waals surface area contributed by atoms with E-state index in [2.05, 4.69) is 43.1 Å². The number of ether oxygens (including phenoxy) is 4. The number of β-amino-alcohol motifs (C(OH)–C–C–N with tert-alkyl or cyclic N) is 1. The van der Waals surface area contributed by atoms with Crippen LogP contribution in [-0.2, 0) is 25.5 Å². The number of piperazine rings is 1. The number of pyridine rings is 1. The molecule has 5 aliphatic rings. The van der Waals surface area contributed by atoms with E-state index >= 15 is 4.39 Å². The Bertz CT molecular complexity index is 3710. The van der Waals surface area contributed by atoms with E-state index in [0.29, 0.717) is 53.1 Å². The number of rotatable bonds is 18. The predicted molar refractivity (Wildman–Crippen MR) is 343 cm³/mol. The van der Waals surface area contributed by atoms with Crippen LogP contribution < -0.4 is 24.6 Å². The molecular weight excluding hydrogens is 1170 g/mol. The third-order valence-corrected chi connectivity index (χ3v) is 19.7. The van der Waals surface area contributed by atoms with Gasteiger partial charge in [0.15, 0.2) is 24.2 Å². The number of carbonyl (C=O) groups is 3. The topological polar surface area (TPSA) is 214 Å². The van der Waals surface area contributed by atoms with E-state index in [-0.39, 0.29) is 85.0 Å². The van der Waals surface area contributed by atoms with Gasteiger partial charge in [0.1, 0.15) is 46.4 Å². The molecule has 22 heteroatoms. The summed E-state index contributed by atoms with van der Waals surface area (Å²) in [7, 11) is 1.56. The van der Waals surface area contributed by atoms with Crippen LogP contribution in [0.1, 0.15) is 128 Å². The van der Waals surface area contributed by atoms with Crippen molar-refractivity contribution < 1.29 is 47.4 Å². The van der Waals surface area contributed by atoms with Crippen LogP contribution in [0, 0.1) is 24.6 Å².